The molecule has 1 heterocycles. The van der Waals surface area contributed by atoms with Crippen LogP contribution in [0.15, 0.2) is 102 Å². The summed E-state index contributed by atoms with van der Waals surface area (Å²) < 4.78 is 29.2. The number of para-hydroxylation sites is 1. The van der Waals surface area contributed by atoms with Crippen molar-refractivity contribution in [2.24, 2.45) is 0 Å². The molecule has 0 aliphatic heterocycles. The third kappa shape index (κ3) is 4.80. The molecule has 1 amide bonds. The first-order chi connectivity index (χ1) is 15.9. The van der Waals surface area contributed by atoms with E-state index in [1.807, 2.05) is 48.0 Å². The largest absolute Gasteiger partial charge is 0.346 e. The smallest absolute Gasteiger partial charge is 0.264 e. The molecule has 0 radical (unpaired) electrons. The quantitative estimate of drug-likeness (QED) is 0.448. The van der Waals surface area contributed by atoms with Gasteiger partial charge in [0.05, 0.1) is 23.0 Å². The summed E-state index contributed by atoms with van der Waals surface area (Å²) in [6.07, 6.45) is 5.29. The van der Waals surface area contributed by atoms with Crippen LogP contribution in [0.3, 0.4) is 0 Å². The molecule has 3 aromatic carbocycles. The Hall–Kier alpha value is -3.91. The minimum absolute atomic E-state index is 0.0545. The second-order valence-corrected chi connectivity index (χ2v) is 9.56. The predicted molar refractivity (Wildman–Crippen MR) is 128 cm³/mol. The molecule has 0 saturated carbocycles. The summed E-state index contributed by atoms with van der Waals surface area (Å²) in [4.78, 5) is 17.0. The van der Waals surface area contributed by atoms with E-state index in [4.69, 9.17) is 0 Å². The Labute approximate surface area is 193 Å². The lowest BCUT2D eigenvalue weighted by atomic mass is 10.1. The van der Waals surface area contributed by atoms with Crippen LogP contribution in [0.1, 0.15) is 28.9 Å². The lowest BCUT2D eigenvalue weighted by Crippen LogP contribution is -2.28. The van der Waals surface area contributed by atoms with E-state index in [1.165, 1.54) is 23.5 Å². The van der Waals surface area contributed by atoms with Crippen molar-refractivity contribution in [3.63, 3.8) is 0 Å². The van der Waals surface area contributed by atoms with E-state index >= 15 is 0 Å². The Morgan fingerprint density at radius 2 is 1.73 bits per heavy atom. The summed E-state index contributed by atoms with van der Waals surface area (Å²) in [5.41, 5.74) is 2.72. The number of anilines is 1. The fraction of sp³-hybridized carbons (Fsp3) is 0.120. The number of amides is 1. The summed E-state index contributed by atoms with van der Waals surface area (Å²) >= 11 is 0. The Bertz CT molecular complexity index is 1340. The van der Waals surface area contributed by atoms with Gasteiger partial charge in [-0.1, -0.05) is 36.4 Å². The van der Waals surface area contributed by atoms with E-state index in [9.17, 15) is 13.2 Å². The van der Waals surface area contributed by atoms with Crippen molar-refractivity contribution in [3.05, 3.63) is 109 Å². The van der Waals surface area contributed by atoms with Crippen LogP contribution in [0.2, 0.25) is 0 Å². The van der Waals surface area contributed by atoms with Crippen molar-refractivity contribution < 1.29 is 13.2 Å². The number of sulfonamides is 1. The summed E-state index contributed by atoms with van der Waals surface area (Å²) in [6.45, 7) is 1.88. The molecule has 33 heavy (non-hydrogen) atoms. The van der Waals surface area contributed by atoms with Gasteiger partial charge < -0.3 is 9.88 Å². The van der Waals surface area contributed by atoms with Crippen LogP contribution in [0, 0.1) is 0 Å². The van der Waals surface area contributed by atoms with Gasteiger partial charge in [-0.2, -0.15) is 0 Å². The fourth-order valence-corrected chi connectivity index (χ4v) is 4.68. The number of benzene rings is 3. The average Bonchev–Trinajstić information content (AvgIpc) is 3.39. The molecule has 1 N–H and O–H groups in total. The lowest BCUT2D eigenvalue weighted by molar-refractivity contribution is 0.0939. The number of nitrogens with zero attached hydrogens (tertiary/aromatic N) is 3. The molecule has 0 fully saturated rings. The van der Waals surface area contributed by atoms with E-state index in [2.05, 4.69) is 10.3 Å². The molecule has 4 aromatic rings. The highest BCUT2D eigenvalue weighted by atomic mass is 32.2. The molecule has 0 aliphatic rings. The van der Waals surface area contributed by atoms with Crippen LogP contribution < -0.4 is 9.62 Å². The minimum atomic E-state index is -3.81. The topological polar surface area (TPSA) is 84.3 Å². The van der Waals surface area contributed by atoms with Crippen molar-refractivity contribution in [1.82, 2.24) is 14.9 Å². The number of hydrogen-bond donors (Lipinski definition) is 1. The molecular weight excluding hydrogens is 436 g/mol. The molecule has 7 nitrogen and oxygen atoms in total. The van der Waals surface area contributed by atoms with E-state index in [0.717, 1.165) is 11.3 Å². The van der Waals surface area contributed by atoms with Crippen LogP contribution >= 0.6 is 0 Å². The van der Waals surface area contributed by atoms with Crippen LogP contribution in [-0.2, 0) is 10.0 Å². The zero-order chi connectivity index (χ0) is 23.4. The van der Waals surface area contributed by atoms with Crippen molar-refractivity contribution in [2.75, 3.05) is 11.4 Å². The molecule has 0 saturated heterocycles. The second kappa shape index (κ2) is 9.30. The van der Waals surface area contributed by atoms with E-state index in [-0.39, 0.29) is 22.4 Å². The molecule has 0 bridgehead atoms. The van der Waals surface area contributed by atoms with Crippen molar-refractivity contribution in [2.45, 2.75) is 17.9 Å². The summed E-state index contributed by atoms with van der Waals surface area (Å²) in [7, 11) is -2.32. The van der Waals surface area contributed by atoms with Gasteiger partial charge in [0, 0.05) is 30.7 Å². The van der Waals surface area contributed by atoms with Gasteiger partial charge in [-0.3, -0.25) is 9.10 Å². The number of carbonyl (C=O) groups is 1. The number of imidazole rings is 1. The molecule has 0 spiro atoms. The van der Waals surface area contributed by atoms with Crippen molar-refractivity contribution in [3.8, 4) is 5.69 Å². The number of hydrogen-bond acceptors (Lipinski definition) is 4. The van der Waals surface area contributed by atoms with Gasteiger partial charge >= 0.3 is 0 Å². The maximum absolute atomic E-state index is 13.1. The minimum Gasteiger partial charge on any atom is -0.346 e. The molecule has 8 heteroatoms. The molecule has 1 aromatic heterocycles. The normalized spacial score (nSPS) is 12.2. The van der Waals surface area contributed by atoms with Crippen molar-refractivity contribution >= 4 is 21.6 Å². The van der Waals surface area contributed by atoms with Gasteiger partial charge in [-0.15, -0.1) is 0 Å². The number of nitrogens with one attached hydrogen (secondary N) is 1. The first-order valence-corrected chi connectivity index (χ1v) is 11.8. The number of aromatic nitrogens is 2. The molecular formula is C25H24N4O3S. The zero-order valence-corrected chi connectivity index (χ0v) is 19.1. The van der Waals surface area contributed by atoms with Gasteiger partial charge in [0.25, 0.3) is 15.9 Å². The maximum Gasteiger partial charge on any atom is 0.264 e. The van der Waals surface area contributed by atoms with Crippen LogP contribution in [0.5, 0.6) is 0 Å². The van der Waals surface area contributed by atoms with E-state index in [1.54, 1.807) is 48.9 Å². The highest BCUT2D eigenvalue weighted by Crippen LogP contribution is 2.23. The Morgan fingerprint density at radius 3 is 2.39 bits per heavy atom. The Balaban J connectivity index is 1.49. The average molecular weight is 461 g/mol. The van der Waals surface area contributed by atoms with E-state index < -0.39 is 10.0 Å². The SMILES string of the molecule is C[C@@H](NC(=O)c1cccc(S(=O)(=O)N(C)c2ccccc2)c1)c1ccc(-n2ccnc2)cc1. The highest BCUT2D eigenvalue weighted by molar-refractivity contribution is 7.92. The maximum atomic E-state index is 13.1. The summed E-state index contributed by atoms with van der Waals surface area (Å²) in [5, 5.41) is 2.94. The first-order valence-electron chi connectivity index (χ1n) is 10.4. The molecule has 0 aliphatic carbocycles. The van der Waals surface area contributed by atoms with E-state index in [0.29, 0.717) is 5.69 Å². The van der Waals surface area contributed by atoms with Gasteiger partial charge in [0.2, 0.25) is 0 Å². The van der Waals surface area contributed by atoms with Gasteiger partial charge in [0.1, 0.15) is 0 Å². The van der Waals surface area contributed by atoms with Gasteiger partial charge in [-0.25, -0.2) is 13.4 Å². The summed E-state index contributed by atoms with van der Waals surface area (Å²) in [6, 6.07) is 22.4. The number of rotatable bonds is 7. The summed E-state index contributed by atoms with van der Waals surface area (Å²) in [5.74, 6) is -0.347. The third-order valence-corrected chi connectivity index (χ3v) is 7.20. The Kier molecular flexibility index (Phi) is 6.28. The van der Waals surface area contributed by atoms with Gasteiger partial charge in [-0.05, 0) is 55.0 Å². The van der Waals surface area contributed by atoms with Gasteiger partial charge in [0.15, 0.2) is 0 Å². The van der Waals surface area contributed by atoms with Crippen LogP contribution in [0.25, 0.3) is 5.69 Å². The monoisotopic (exact) mass is 460 g/mol. The Morgan fingerprint density at radius 1 is 1.00 bits per heavy atom. The highest BCUT2D eigenvalue weighted by Gasteiger charge is 2.22. The molecule has 0 unspecified atom stereocenters. The second-order valence-electron chi connectivity index (χ2n) is 7.59. The lowest BCUT2D eigenvalue weighted by Gasteiger charge is -2.20. The van der Waals surface area contributed by atoms with Crippen LogP contribution in [-0.4, -0.2) is 30.9 Å². The van der Waals surface area contributed by atoms with Crippen molar-refractivity contribution in [1.29, 1.82) is 0 Å². The third-order valence-electron chi connectivity index (χ3n) is 5.42. The first kappa shape index (κ1) is 22.3. The molecule has 168 valence electrons. The molecule has 1 atom stereocenters. The standard InChI is InChI=1S/C25H24N4O3S/c1-19(20-11-13-23(14-12-20)29-16-15-26-18-29)27-25(30)21-7-6-10-24(17-21)33(31,32)28(2)22-8-4-3-5-9-22/h3-19H,1-2H3,(H,27,30)/t19-/m1/s1. The number of carbonyl (C=O) groups excluding carboxylic acids is 1. The molecule has 4 rings (SSSR count). The van der Waals surface area contributed by atoms with Crippen LogP contribution in [0.4, 0.5) is 5.69 Å². The zero-order valence-electron chi connectivity index (χ0n) is 18.3. The predicted octanol–water partition coefficient (Wildman–Crippen LogP) is 4.19. The fourth-order valence-electron chi connectivity index (χ4n) is 3.44.